The van der Waals surface area contributed by atoms with Gasteiger partial charge in [-0.2, -0.15) is 0 Å². The zero-order valence-electron chi connectivity index (χ0n) is 8.57. The summed E-state index contributed by atoms with van der Waals surface area (Å²) in [5, 5.41) is 3.61. The molecule has 0 saturated heterocycles. The molecule has 0 saturated carbocycles. The van der Waals surface area contributed by atoms with E-state index in [2.05, 4.69) is 49.0 Å². The Morgan fingerprint density at radius 3 is 2.20 bits per heavy atom. The monoisotopic (exact) mass is 231 g/mol. The largest absolute Gasteiger partial charge is 0.118 e. The van der Waals surface area contributed by atoms with Crippen molar-refractivity contribution < 1.29 is 0 Å². The van der Waals surface area contributed by atoms with Gasteiger partial charge >= 0.3 is 0 Å². The molecule has 15 heavy (non-hydrogen) atoms. The average Bonchev–Trinajstić information content (AvgIpc) is 2.29. The first-order chi connectivity index (χ1) is 7.27. The molecule has 2 rings (SSSR count). The van der Waals surface area contributed by atoms with Gasteiger partial charge in [-0.15, -0.1) is 0 Å². The van der Waals surface area contributed by atoms with E-state index in [0.717, 1.165) is 5.02 Å². The summed E-state index contributed by atoms with van der Waals surface area (Å²) in [5.74, 6) is 0. The molecule has 0 N–H and O–H groups in total. The van der Waals surface area contributed by atoms with Crippen LogP contribution in [0.15, 0.2) is 54.6 Å². The highest BCUT2D eigenvalue weighted by atomic mass is 35.5. The minimum absolute atomic E-state index is 0.651. The van der Waals surface area contributed by atoms with Crippen LogP contribution in [0.5, 0.6) is 0 Å². The molecule has 0 aliphatic rings. The van der Waals surface area contributed by atoms with Crippen molar-refractivity contribution in [3.05, 3.63) is 59.6 Å². The third kappa shape index (κ3) is 2.49. The van der Waals surface area contributed by atoms with Crippen LogP contribution in [0.1, 0.15) is 0 Å². The van der Waals surface area contributed by atoms with Crippen molar-refractivity contribution in [3.63, 3.8) is 0 Å². The van der Waals surface area contributed by atoms with Crippen molar-refractivity contribution in [2.45, 2.75) is 6.55 Å². The van der Waals surface area contributed by atoms with Crippen molar-refractivity contribution in [1.82, 2.24) is 0 Å². The fourth-order valence-corrected chi connectivity index (χ4v) is 3.60. The summed E-state index contributed by atoms with van der Waals surface area (Å²) in [4.78, 5) is 0. The maximum Gasteiger partial charge on any atom is 0.118 e. The highest BCUT2D eigenvalue weighted by Gasteiger charge is 2.09. The smallest absolute Gasteiger partial charge is 0.0843 e. The van der Waals surface area contributed by atoms with Crippen molar-refractivity contribution in [2.75, 3.05) is 0 Å². The highest BCUT2D eigenvalue weighted by molar-refractivity contribution is 6.84. The molecular formula is C13H12ClSi. The third-order valence-electron chi connectivity index (χ3n) is 2.46. The molecule has 2 heteroatoms. The summed E-state index contributed by atoms with van der Waals surface area (Å²) < 4.78 is 0. The topological polar surface area (TPSA) is 0 Å². The summed E-state index contributed by atoms with van der Waals surface area (Å²) in [6.45, 7) is 2.30. The predicted molar refractivity (Wildman–Crippen MR) is 68.8 cm³/mol. The van der Waals surface area contributed by atoms with Gasteiger partial charge in [0.15, 0.2) is 0 Å². The molecule has 75 valence electrons. The van der Waals surface area contributed by atoms with Crippen LogP contribution in [-0.4, -0.2) is 8.80 Å². The molecule has 0 fully saturated rings. The fourth-order valence-electron chi connectivity index (χ4n) is 1.58. The lowest BCUT2D eigenvalue weighted by molar-refractivity contribution is 1.72. The maximum absolute atomic E-state index is 5.99. The van der Waals surface area contributed by atoms with Crippen molar-refractivity contribution in [2.24, 2.45) is 0 Å². The van der Waals surface area contributed by atoms with E-state index < -0.39 is 8.80 Å². The van der Waals surface area contributed by atoms with Gasteiger partial charge in [0.05, 0.1) is 0 Å². The second-order valence-corrected chi connectivity index (χ2v) is 6.34. The van der Waals surface area contributed by atoms with Gasteiger partial charge in [0.2, 0.25) is 0 Å². The van der Waals surface area contributed by atoms with Gasteiger partial charge in [-0.05, 0) is 12.1 Å². The number of benzene rings is 2. The Balaban J connectivity index is 2.32. The van der Waals surface area contributed by atoms with E-state index in [0.29, 0.717) is 0 Å². The van der Waals surface area contributed by atoms with E-state index in [1.54, 1.807) is 0 Å². The summed E-state index contributed by atoms with van der Waals surface area (Å²) in [7, 11) is -0.651. The molecule has 1 radical (unpaired) electrons. The molecule has 2 aromatic rings. The Morgan fingerprint density at radius 1 is 0.867 bits per heavy atom. The van der Waals surface area contributed by atoms with Gasteiger partial charge in [-0.25, -0.2) is 0 Å². The summed E-state index contributed by atoms with van der Waals surface area (Å²) in [6, 6.07) is 18.8. The number of rotatable bonds is 2. The van der Waals surface area contributed by atoms with Gasteiger partial charge in [0.25, 0.3) is 0 Å². The molecule has 0 bridgehead atoms. The highest BCUT2D eigenvalue weighted by Crippen LogP contribution is 2.04. The Bertz CT molecular complexity index is 439. The zero-order valence-corrected chi connectivity index (χ0v) is 10.3. The number of hydrogen-bond donors (Lipinski definition) is 0. The standard InChI is InChI=1S/C13H12ClSi/c1-15(12-7-3-2-4-8-12)13-9-5-6-11(14)10-13/h2-10H,1H3. The lowest BCUT2D eigenvalue weighted by Gasteiger charge is -2.10. The second-order valence-electron chi connectivity index (χ2n) is 3.50. The van der Waals surface area contributed by atoms with E-state index in [-0.39, 0.29) is 0 Å². The van der Waals surface area contributed by atoms with Crippen molar-refractivity contribution in [1.29, 1.82) is 0 Å². The van der Waals surface area contributed by atoms with E-state index in [9.17, 15) is 0 Å². The van der Waals surface area contributed by atoms with E-state index in [4.69, 9.17) is 11.6 Å². The SMILES string of the molecule is C[Si](c1ccccc1)c1cccc(Cl)c1. The van der Waals surface area contributed by atoms with E-state index in [1.165, 1.54) is 10.4 Å². The lowest BCUT2D eigenvalue weighted by Crippen LogP contribution is -2.38. The van der Waals surface area contributed by atoms with Gasteiger partial charge in [0.1, 0.15) is 8.80 Å². The molecule has 0 aliphatic heterocycles. The van der Waals surface area contributed by atoms with Gasteiger partial charge < -0.3 is 0 Å². The van der Waals surface area contributed by atoms with Gasteiger partial charge in [-0.1, -0.05) is 71.0 Å². The molecule has 0 nitrogen and oxygen atoms in total. The lowest BCUT2D eigenvalue weighted by atomic mass is 10.4. The first-order valence-electron chi connectivity index (χ1n) is 4.92. The minimum Gasteiger partial charge on any atom is -0.0843 e. The van der Waals surface area contributed by atoms with Crippen LogP contribution in [0.2, 0.25) is 11.6 Å². The number of halogens is 1. The maximum atomic E-state index is 5.99. The molecule has 0 aliphatic carbocycles. The number of hydrogen-bond acceptors (Lipinski definition) is 0. The summed E-state index contributed by atoms with van der Waals surface area (Å²) in [5.41, 5.74) is 0. The summed E-state index contributed by atoms with van der Waals surface area (Å²) >= 11 is 5.99. The molecular weight excluding hydrogens is 220 g/mol. The molecule has 0 atom stereocenters. The van der Waals surface area contributed by atoms with Gasteiger partial charge in [-0.3, -0.25) is 0 Å². The normalized spacial score (nSPS) is 10.6. The van der Waals surface area contributed by atoms with Crippen molar-refractivity contribution in [3.8, 4) is 0 Å². The first-order valence-corrected chi connectivity index (χ1v) is 7.30. The Labute approximate surface area is 97.1 Å². The van der Waals surface area contributed by atoms with Crippen LogP contribution in [0, 0.1) is 0 Å². The van der Waals surface area contributed by atoms with Crippen LogP contribution in [-0.2, 0) is 0 Å². The quantitative estimate of drug-likeness (QED) is 0.697. The molecule has 2 aromatic carbocycles. The van der Waals surface area contributed by atoms with Crippen LogP contribution in [0.25, 0.3) is 0 Å². The van der Waals surface area contributed by atoms with Crippen molar-refractivity contribution >= 4 is 30.8 Å². The first kappa shape index (κ1) is 10.5. The Kier molecular flexibility index (Phi) is 3.24. The van der Waals surface area contributed by atoms with Crippen LogP contribution < -0.4 is 10.4 Å². The molecule has 0 amide bonds. The molecule has 0 unspecified atom stereocenters. The Morgan fingerprint density at radius 2 is 1.53 bits per heavy atom. The van der Waals surface area contributed by atoms with Crippen LogP contribution in [0.4, 0.5) is 0 Å². The van der Waals surface area contributed by atoms with Crippen LogP contribution >= 0.6 is 11.6 Å². The van der Waals surface area contributed by atoms with Gasteiger partial charge in [0, 0.05) is 5.02 Å². The Hall–Kier alpha value is -1.05. The minimum atomic E-state index is -0.651. The fraction of sp³-hybridized carbons (Fsp3) is 0.0769. The molecule has 0 spiro atoms. The van der Waals surface area contributed by atoms with E-state index in [1.807, 2.05) is 12.1 Å². The average molecular weight is 232 g/mol. The van der Waals surface area contributed by atoms with Crippen LogP contribution in [0.3, 0.4) is 0 Å². The third-order valence-corrected chi connectivity index (χ3v) is 5.08. The summed E-state index contributed by atoms with van der Waals surface area (Å²) in [6.07, 6.45) is 0. The van der Waals surface area contributed by atoms with E-state index >= 15 is 0 Å². The zero-order chi connectivity index (χ0) is 10.7. The second kappa shape index (κ2) is 4.64. The molecule has 0 aromatic heterocycles. The molecule has 0 heterocycles. The predicted octanol–water partition coefficient (Wildman–Crippen LogP) is 2.58.